The molecule has 24 heavy (non-hydrogen) atoms. The highest BCUT2D eigenvalue weighted by Crippen LogP contribution is 2.30. The van der Waals surface area contributed by atoms with E-state index in [4.69, 9.17) is 4.84 Å². The van der Waals surface area contributed by atoms with Crippen molar-refractivity contribution in [3.63, 3.8) is 0 Å². The van der Waals surface area contributed by atoms with Crippen LogP contribution in [0.15, 0.2) is 24.3 Å². The molecule has 0 saturated heterocycles. The van der Waals surface area contributed by atoms with Crippen molar-refractivity contribution in [2.24, 2.45) is 5.92 Å². The maximum Gasteiger partial charge on any atom is 0.336 e. The van der Waals surface area contributed by atoms with Crippen molar-refractivity contribution in [2.75, 3.05) is 6.26 Å². The van der Waals surface area contributed by atoms with Crippen molar-refractivity contribution in [3.8, 4) is 0 Å². The summed E-state index contributed by atoms with van der Waals surface area (Å²) in [5, 5.41) is 0.0520. The molecule has 1 aliphatic heterocycles. The first-order valence-corrected chi connectivity index (χ1v) is 9.63. The Morgan fingerprint density at radius 3 is 2.00 bits per heavy atom. The summed E-state index contributed by atoms with van der Waals surface area (Å²) in [6.07, 6.45) is 2.66. The number of imide groups is 1. The Hall–Kier alpha value is -2.22. The van der Waals surface area contributed by atoms with Gasteiger partial charge in [-0.3, -0.25) is 9.59 Å². The van der Waals surface area contributed by atoms with Crippen LogP contribution in [0.25, 0.3) is 0 Å². The summed E-state index contributed by atoms with van der Waals surface area (Å²) < 4.78 is 23.1. The van der Waals surface area contributed by atoms with Crippen LogP contribution in [0.2, 0.25) is 0 Å². The minimum Gasteiger partial charge on any atom is -0.329 e. The van der Waals surface area contributed by atoms with Crippen LogP contribution in [0.3, 0.4) is 0 Å². The van der Waals surface area contributed by atoms with E-state index in [2.05, 4.69) is 0 Å². The summed E-state index contributed by atoms with van der Waals surface area (Å²) in [7, 11) is -3.12. The first-order chi connectivity index (χ1) is 11.3. The number of nitrogens with zero attached hydrogens (tertiary/aromatic N) is 1. The number of carbonyl (C=O) groups excluding carboxylic acids is 3. The molecule has 1 aliphatic carbocycles. The number of fused-ring (bicyclic) bond motifs is 1. The number of rotatable bonds is 3. The van der Waals surface area contributed by atoms with E-state index in [0.717, 1.165) is 0 Å². The van der Waals surface area contributed by atoms with E-state index >= 15 is 0 Å². The summed E-state index contributed by atoms with van der Waals surface area (Å²) in [5.74, 6) is -2.49. The van der Waals surface area contributed by atoms with Gasteiger partial charge in [0.2, 0.25) is 0 Å². The zero-order chi connectivity index (χ0) is 17.5. The van der Waals surface area contributed by atoms with Crippen molar-refractivity contribution in [2.45, 2.75) is 30.9 Å². The first kappa shape index (κ1) is 16.6. The molecule has 1 heterocycles. The van der Waals surface area contributed by atoms with E-state index in [-0.39, 0.29) is 11.1 Å². The third kappa shape index (κ3) is 2.93. The van der Waals surface area contributed by atoms with Crippen molar-refractivity contribution in [3.05, 3.63) is 35.4 Å². The van der Waals surface area contributed by atoms with Crippen molar-refractivity contribution in [1.82, 2.24) is 5.06 Å². The molecule has 0 N–H and O–H groups in total. The second-order valence-electron chi connectivity index (χ2n) is 6.16. The molecule has 7 nitrogen and oxygen atoms in total. The Balaban J connectivity index is 1.65. The molecule has 0 unspecified atom stereocenters. The second kappa shape index (κ2) is 6.01. The Bertz CT molecular complexity index is 773. The standard InChI is InChI=1S/C16H17NO6S/c1-24(21,22)11-8-6-10(7-9-11)16(20)23-17-14(18)12-4-2-3-5-13(12)15(17)19/h2-5,10-11H,6-9H2,1H3. The van der Waals surface area contributed by atoms with Gasteiger partial charge >= 0.3 is 5.97 Å². The highest BCUT2D eigenvalue weighted by molar-refractivity contribution is 7.91. The predicted octanol–water partition coefficient (Wildman–Crippen LogP) is 1.34. The molecule has 0 spiro atoms. The van der Waals surface area contributed by atoms with E-state index in [1.54, 1.807) is 12.1 Å². The number of hydrogen-bond acceptors (Lipinski definition) is 6. The number of sulfone groups is 1. The molecule has 1 fully saturated rings. The van der Waals surface area contributed by atoms with Gasteiger partial charge in [-0.05, 0) is 37.8 Å². The molecule has 8 heteroatoms. The summed E-state index contributed by atoms with van der Waals surface area (Å²) in [6.45, 7) is 0. The lowest BCUT2D eigenvalue weighted by Crippen LogP contribution is -2.37. The number of amides is 2. The van der Waals surface area contributed by atoms with Crippen LogP contribution >= 0.6 is 0 Å². The van der Waals surface area contributed by atoms with Crippen molar-refractivity contribution < 1.29 is 27.6 Å². The van der Waals surface area contributed by atoms with Crippen LogP contribution in [-0.4, -0.2) is 42.8 Å². The molecule has 2 aliphatic rings. The van der Waals surface area contributed by atoms with Crippen LogP contribution in [0.1, 0.15) is 46.4 Å². The summed E-state index contributed by atoms with van der Waals surface area (Å²) in [6, 6.07) is 6.25. The normalized spacial score (nSPS) is 24.0. The minimum atomic E-state index is -3.12. The van der Waals surface area contributed by atoms with E-state index < -0.39 is 38.8 Å². The van der Waals surface area contributed by atoms with Gasteiger partial charge in [0.1, 0.15) is 9.84 Å². The molecule has 128 valence electrons. The third-order valence-electron chi connectivity index (χ3n) is 4.55. The topological polar surface area (TPSA) is 97.8 Å². The third-order valence-corrected chi connectivity index (χ3v) is 6.23. The fourth-order valence-corrected chi connectivity index (χ4v) is 4.27. The average Bonchev–Trinajstić information content (AvgIpc) is 2.79. The number of hydrogen-bond donors (Lipinski definition) is 0. The quantitative estimate of drug-likeness (QED) is 0.762. The Labute approximate surface area is 139 Å². The highest BCUT2D eigenvalue weighted by Gasteiger charge is 2.40. The predicted molar refractivity (Wildman–Crippen MR) is 83.6 cm³/mol. The second-order valence-corrected chi connectivity index (χ2v) is 8.49. The molecule has 1 aromatic carbocycles. The Kier molecular flexibility index (Phi) is 4.16. The van der Waals surface area contributed by atoms with Crippen molar-refractivity contribution in [1.29, 1.82) is 0 Å². The number of hydroxylamine groups is 2. The molecule has 2 amide bonds. The summed E-state index contributed by atoms with van der Waals surface area (Å²) in [5.41, 5.74) is 0.409. The van der Waals surface area contributed by atoms with E-state index in [1.165, 1.54) is 18.4 Å². The lowest BCUT2D eigenvalue weighted by Gasteiger charge is -2.26. The maximum atomic E-state index is 12.2. The van der Waals surface area contributed by atoms with Gasteiger partial charge in [-0.15, -0.1) is 0 Å². The largest absolute Gasteiger partial charge is 0.336 e. The molecule has 1 saturated carbocycles. The monoisotopic (exact) mass is 351 g/mol. The fourth-order valence-electron chi connectivity index (χ4n) is 3.14. The summed E-state index contributed by atoms with van der Waals surface area (Å²) >= 11 is 0. The Morgan fingerprint density at radius 1 is 1.04 bits per heavy atom. The van der Waals surface area contributed by atoms with Gasteiger partial charge in [0.05, 0.1) is 22.3 Å². The van der Waals surface area contributed by atoms with Crippen LogP contribution in [-0.2, 0) is 19.5 Å². The van der Waals surface area contributed by atoms with Gasteiger partial charge in [-0.2, -0.15) is 0 Å². The molecule has 0 aromatic heterocycles. The molecular formula is C16H17NO6S. The molecule has 1 aromatic rings. The number of benzene rings is 1. The molecular weight excluding hydrogens is 334 g/mol. The van der Waals surface area contributed by atoms with Gasteiger partial charge in [0.15, 0.2) is 0 Å². The molecule has 0 radical (unpaired) electrons. The van der Waals surface area contributed by atoms with E-state index in [1.807, 2.05) is 0 Å². The Morgan fingerprint density at radius 2 is 1.54 bits per heavy atom. The molecule has 3 rings (SSSR count). The molecule has 0 atom stereocenters. The lowest BCUT2D eigenvalue weighted by atomic mass is 9.89. The zero-order valence-electron chi connectivity index (χ0n) is 13.1. The van der Waals surface area contributed by atoms with Crippen LogP contribution in [0, 0.1) is 5.92 Å². The number of carbonyl (C=O) groups is 3. The van der Waals surface area contributed by atoms with Crippen LogP contribution < -0.4 is 0 Å². The van der Waals surface area contributed by atoms with Gasteiger partial charge in [0.25, 0.3) is 11.8 Å². The summed E-state index contributed by atoms with van der Waals surface area (Å²) in [4.78, 5) is 41.6. The molecule has 0 bridgehead atoms. The minimum absolute atomic E-state index is 0.205. The zero-order valence-corrected chi connectivity index (χ0v) is 13.9. The van der Waals surface area contributed by atoms with Crippen LogP contribution in [0.5, 0.6) is 0 Å². The maximum absolute atomic E-state index is 12.2. The van der Waals surface area contributed by atoms with Crippen LogP contribution in [0.4, 0.5) is 0 Å². The SMILES string of the molecule is CS(=O)(=O)C1CCC(C(=O)ON2C(=O)c3ccccc3C2=O)CC1. The van der Waals surface area contributed by atoms with Crippen molar-refractivity contribution >= 4 is 27.6 Å². The van der Waals surface area contributed by atoms with E-state index in [0.29, 0.717) is 30.7 Å². The highest BCUT2D eigenvalue weighted by atomic mass is 32.2. The average molecular weight is 351 g/mol. The van der Waals surface area contributed by atoms with Gasteiger partial charge < -0.3 is 4.84 Å². The van der Waals surface area contributed by atoms with Gasteiger partial charge in [-0.25, -0.2) is 13.2 Å². The smallest absolute Gasteiger partial charge is 0.329 e. The van der Waals surface area contributed by atoms with Gasteiger partial charge in [-0.1, -0.05) is 17.2 Å². The fraction of sp³-hybridized carbons (Fsp3) is 0.438. The lowest BCUT2D eigenvalue weighted by molar-refractivity contribution is -0.174. The van der Waals surface area contributed by atoms with Gasteiger partial charge in [0, 0.05) is 6.26 Å². The first-order valence-electron chi connectivity index (χ1n) is 7.67. The van der Waals surface area contributed by atoms with E-state index in [9.17, 15) is 22.8 Å².